The monoisotopic (exact) mass is 337 g/mol. The molecule has 0 aromatic heterocycles. The predicted octanol–water partition coefficient (Wildman–Crippen LogP) is 5.45. The van der Waals surface area contributed by atoms with Crippen molar-refractivity contribution in [3.8, 4) is 6.07 Å². The lowest BCUT2D eigenvalue weighted by Gasteiger charge is -2.10. The van der Waals surface area contributed by atoms with Crippen molar-refractivity contribution < 1.29 is 4.79 Å². The van der Waals surface area contributed by atoms with Crippen LogP contribution in [0.15, 0.2) is 36.4 Å². The minimum Gasteiger partial charge on any atom is -0.292 e. The first-order valence-electron chi connectivity index (χ1n) is 6.08. The average molecular weight is 339 g/mol. The van der Waals surface area contributed by atoms with Gasteiger partial charge in [-0.05, 0) is 48.4 Å². The van der Waals surface area contributed by atoms with Crippen LogP contribution in [0, 0.1) is 18.3 Å². The number of carbonyl (C=O) groups excluding carboxylic acids is 1. The van der Waals surface area contributed by atoms with Crippen LogP contribution in [-0.2, 0) is 0 Å². The topological polar surface area (TPSA) is 40.9 Å². The molecule has 0 spiro atoms. The third kappa shape index (κ3) is 3.57. The second kappa shape index (κ2) is 6.49. The molecule has 5 heteroatoms. The van der Waals surface area contributed by atoms with Crippen LogP contribution in [0.4, 0.5) is 0 Å². The van der Waals surface area contributed by atoms with E-state index in [1.807, 2.05) is 13.0 Å². The number of hydrogen-bond donors (Lipinski definition) is 0. The molecule has 0 N–H and O–H groups in total. The van der Waals surface area contributed by atoms with Gasteiger partial charge in [0.15, 0.2) is 5.78 Å². The Balaban J connectivity index is 2.43. The van der Waals surface area contributed by atoms with Gasteiger partial charge in [-0.1, -0.05) is 40.9 Å². The maximum atomic E-state index is 12.5. The molecule has 1 unspecified atom stereocenters. The summed E-state index contributed by atoms with van der Waals surface area (Å²) in [4.78, 5) is 12.5. The number of hydrogen-bond acceptors (Lipinski definition) is 2. The quantitative estimate of drug-likeness (QED) is 0.699. The Morgan fingerprint density at radius 1 is 1.10 bits per heavy atom. The summed E-state index contributed by atoms with van der Waals surface area (Å²) in [5, 5.41) is 10.5. The maximum Gasteiger partial charge on any atom is 0.184 e. The summed E-state index contributed by atoms with van der Waals surface area (Å²) in [6.07, 6.45) is 0. The zero-order valence-electron chi connectivity index (χ0n) is 11.0. The van der Waals surface area contributed by atoms with Gasteiger partial charge in [0.05, 0.1) is 16.1 Å². The van der Waals surface area contributed by atoms with Crippen LogP contribution in [0.2, 0.25) is 15.1 Å². The summed E-state index contributed by atoms with van der Waals surface area (Å²) in [5.74, 6) is -1.26. The standard InChI is InChI=1S/C16H10Cl3NO/c1-9-4-11(6-12(17)5-9)16(21)13(8-20)10-2-3-14(18)15(19)7-10/h2-7,13H,1H3. The Bertz CT molecular complexity index is 729. The van der Waals surface area contributed by atoms with E-state index in [0.717, 1.165) is 5.56 Å². The average Bonchev–Trinajstić information content (AvgIpc) is 2.42. The zero-order chi connectivity index (χ0) is 15.6. The van der Waals surface area contributed by atoms with Crippen LogP contribution in [0.5, 0.6) is 0 Å². The van der Waals surface area contributed by atoms with Gasteiger partial charge in [0.25, 0.3) is 0 Å². The van der Waals surface area contributed by atoms with Crippen LogP contribution in [0.1, 0.15) is 27.4 Å². The summed E-state index contributed by atoms with van der Waals surface area (Å²) in [6, 6.07) is 11.7. The van der Waals surface area contributed by atoms with Crippen LogP contribution in [0.3, 0.4) is 0 Å². The highest BCUT2D eigenvalue weighted by molar-refractivity contribution is 6.42. The molecule has 0 aliphatic rings. The number of Topliss-reactive ketones (excluding diaryl/α,β-unsaturated/α-hetero) is 1. The van der Waals surface area contributed by atoms with Gasteiger partial charge in [-0.25, -0.2) is 0 Å². The second-order valence-electron chi connectivity index (χ2n) is 4.62. The summed E-state index contributed by atoms with van der Waals surface area (Å²) in [6.45, 7) is 1.84. The van der Waals surface area contributed by atoms with Crippen molar-refractivity contribution in [1.29, 1.82) is 5.26 Å². The van der Waals surface area contributed by atoms with Gasteiger partial charge in [0.2, 0.25) is 0 Å². The first-order valence-corrected chi connectivity index (χ1v) is 7.21. The van der Waals surface area contributed by atoms with Gasteiger partial charge in [-0.2, -0.15) is 5.26 Å². The fourth-order valence-electron chi connectivity index (χ4n) is 2.02. The number of halogens is 3. The van der Waals surface area contributed by atoms with Crippen molar-refractivity contribution in [2.24, 2.45) is 0 Å². The normalized spacial score (nSPS) is 11.8. The van der Waals surface area contributed by atoms with E-state index in [9.17, 15) is 10.1 Å². The van der Waals surface area contributed by atoms with E-state index in [4.69, 9.17) is 34.8 Å². The van der Waals surface area contributed by atoms with Gasteiger partial charge in [0.1, 0.15) is 5.92 Å². The van der Waals surface area contributed by atoms with E-state index in [-0.39, 0.29) is 5.78 Å². The van der Waals surface area contributed by atoms with Gasteiger partial charge < -0.3 is 0 Å². The third-order valence-electron chi connectivity index (χ3n) is 2.99. The molecule has 106 valence electrons. The molecule has 2 aromatic carbocycles. The molecule has 0 saturated carbocycles. The SMILES string of the molecule is Cc1cc(Cl)cc(C(=O)C(C#N)c2ccc(Cl)c(Cl)c2)c1. The Kier molecular flexibility index (Phi) is 4.90. The molecule has 2 rings (SSSR count). The first kappa shape index (κ1) is 15.9. The highest BCUT2D eigenvalue weighted by Crippen LogP contribution is 2.29. The molecule has 0 fully saturated rings. The number of aryl methyl sites for hydroxylation is 1. The van der Waals surface area contributed by atoms with Crippen LogP contribution >= 0.6 is 34.8 Å². The molecule has 0 bridgehead atoms. The van der Waals surface area contributed by atoms with E-state index in [2.05, 4.69) is 0 Å². The Hall–Kier alpha value is -1.53. The van der Waals surface area contributed by atoms with Crippen molar-refractivity contribution >= 4 is 40.6 Å². The number of rotatable bonds is 3. The molecular weight excluding hydrogens is 329 g/mol. The van der Waals surface area contributed by atoms with Crippen molar-refractivity contribution in [2.75, 3.05) is 0 Å². The van der Waals surface area contributed by atoms with Gasteiger partial charge in [-0.3, -0.25) is 4.79 Å². The van der Waals surface area contributed by atoms with E-state index in [1.54, 1.807) is 30.3 Å². The molecule has 2 nitrogen and oxygen atoms in total. The van der Waals surface area contributed by atoms with Crippen molar-refractivity contribution in [2.45, 2.75) is 12.8 Å². The number of carbonyl (C=O) groups is 1. The predicted molar refractivity (Wildman–Crippen MR) is 85.3 cm³/mol. The first-order chi connectivity index (χ1) is 9.92. The number of nitriles is 1. The fraction of sp³-hybridized carbons (Fsp3) is 0.125. The highest BCUT2D eigenvalue weighted by Gasteiger charge is 2.23. The lowest BCUT2D eigenvalue weighted by Crippen LogP contribution is -2.11. The number of ketones is 1. The largest absolute Gasteiger partial charge is 0.292 e. The van der Waals surface area contributed by atoms with Crippen molar-refractivity contribution in [3.05, 3.63) is 68.2 Å². The number of nitrogens with zero attached hydrogens (tertiary/aromatic N) is 1. The lowest BCUT2D eigenvalue weighted by molar-refractivity contribution is 0.0979. The van der Waals surface area contributed by atoms with E-state index < -0.39 is 5.92 Å². The second-order valence-corrected chi connectivity index (χ2v) is 5.87. The summed E-state index contributed by atoms with van der Waals surface area (Å²) < 4.78 is 0. The lowest BCUT2D eigenvalue weighted by atomic mass is 9.91. The molecule has 1 atom stereocenters. The van der Waals surface area contributed by atoms with E-state index >= 15 is 0 Å². The molecule has 0 amide bonds. The molecule has 0 saturated heterocycles. The molecule has 2 aromatic rings. The summed E-state index contributed by atoms with van der Waals surface area (Å²) in [5.41, 5.74) is 1.77. The van der Waals surface area contributed by atoms with Gasteiger partial charge >= 0.3 is 0 Å². The Labute approximate surface area is 137 Å². The molecule has 0 radical (unpaired) electrons. The summed E-state index contributed by atoms with van der Waals surface area (Å²) >= 11 is 17.8. The maximum absolute atomic E-state index is 12.5. The van der Waals surface area contributed by atoms with E-state index in [1.165, 1.54) is 6.07 Å². The molecule has 0 aliphatic heterocycles. The molecular formula is C16H10Cl3NO. The molecule has 0 heterocycles. The molecule has 21 heavy (non-hydrogen) atoms. The van der Waals surface area contributed by atoms with Crippen molar-refractivity contribution in [1.82, 2.24) is 0 Å². The number of benzene rings is 2. The summed E-state index contributed by atoms with van der Waals surface area (Å²) in [7, 11) is 0. The van der Waals surface area contributed by atoms with Crippen LogP contribution in [-0.4, -0.2) is 5.78 Å². The smallest absolute Gasteiger partial charge is 0.184 e. The third-order valence-corrected chi connectivity index (χ3v) is 3.95. The van der Waals surface area contributed by atoms with Gasteiger partial charge in [0, 0.05) is 10.6 Å². The van der Waals surface area contributed by atoms with E-state index in [0.29, 0.717) is 26.2 Å². The Morgan fingerprint density at radius 2 is 1.81 bits per heavy atom. The minimum absolute atomic E-state index is 0.310. The minimum atomic E-state index is -0.947. The van der Waals surface area contributed by atoms with Crippen LogP contribution in [0.25, 0.3) is 0 Å². The highest BCUT2D eigenvalue weighted by atomic mass is 35.5. The van der Waals surface area contributed by atoms with Crippen LogP contribution < -0.4 is 0 Å². The van der Waals surface area contributed by atoms with Gasteiger partial charge in [-0.15, -0.1) is 0 Å². The zero-order valence-corrected chi connectivity index (χ0v) is 13.3. The fourth-order valence-corrected chi connectivity index (χ4v) is 2.62. The molecule has 0 aliphatic carbocycles. The Morgan fingerprint density at radius 3 is 2.38 bits per heavy atom. The van der Waals surface area contributed by atoms with Crippen molar-refractivity contribution in [3.63, 3.8) is 0 Å².